The molecule has 6 heterocycles. The van der Waals surface area contributed by atoms with E-state index in [-0.39, 0.29) is 107 Å². The summed E-state index contributed by atoms with van der Waals surface area (Å²) in [6, 6.07) is -0.417. The maximum atomic E-state index is 15.3. The van der Waals surface area contributed by atoms with Crippen molar-refractivity contribution in [2.45, 2.75) is 142 Å². The van der Waals surface area contributed by atoms with Crippen LogP contribution in [0.2, 0.25) is 11.6 Å². The van der Waals surface area contributed by atoms with Crippen LogP contribution in [0.1, 0.15) is 141 Å². The van der Waals surface area contributed by atoms with Crippen LogP contribution in [-0.4, -0.2) is 187 Å². The van der Waals surface area contributed by atoms with E-state index in [2.05, 4.69) is 41.4 Å². The first-order chi connectivity index (χ1) is 46.4. The molecule has 7 aliphatic rings. The Kier molecular flexibility index (Phi) is 27.1. The average Bonchev–Trinajstić information content (AvgIpc) is 1.65. The number of benzene rings is 2. The van der Waals surface area contributed by atoms with Gasteiger partial charge in [-0.1, -0.05) is 13.8 Å². The van der Waals surface area contributed by atoms with Gasteiger partial charge in [0.15, 0.2) is 16.7 Å². The number of carbonyl (C=O) groups excluding carboxylic acids is 9. The number of anilines is 1. The van der Waals surface area contributed by atoms with Crippen LogP contribution in [0.5, 0.6) is 11.5 Å². The number of ether oxygens (including phenoxy) is 2. The predicted octanol–water partition coefficient (Wildman–Crippen LogP) is 8.85. The first kappa shape index (κ1) is 79.9. The molecule has 4 aliphatic heterocycles. The van der Waals surface area contributed by atoms with Crippen molar-refractivity contribution in [3.05, 3.63) is 85.3 Å². The largest absolute Gasteiger partial charge is 0.535 e. The smallest absolute Gasteiger partial charge is 0.526 e. The highest BCUT2D eigenvalue weighted by atomic mass is 35.6. The molecule has 3 saturated carbocycles. The van der Waals surface area contributed by atoms with Crippen LogP contribution in [0.3, 0.4) is 0 Å². The molecule has 4 aromatic rings. The molecule has 2 aromatic carbocycles. The van der Waals surface area contributed by atoms with Gasteiger partial charge in [0.1, 0.15) is 51.9 Å². The van der Waals surface area contributed by atoms with Crippen LogP contribution in [0.25, 0.3) is 0 Å². The van der Waals surface area contributed by atoms with E-state index in [0.29, 0.717) is 34.5 Å². The lowest BCUT2D eigenvalue weighted by Gasteiger charge is -2.64. The van der Waals surface area contributed by atoms with Gasteiger partial charge < -0.3 is 59.7 Å². The third kappa shape index (κ3) is 18.8. The maximum absolute atomic E-state index is 15.3. The number of carboxylic acid groups (broad SMARTS) is 1. The van der Waals surface area contributed by atoms with Crippen LogP contribution in [0.4, 0.5) is 23.5 Å². The van der Waals surface area contributed by atoms with Crippen molar-refractivity contribution >= 4 is 164 Å². The van der Waals surface area contributed by atoms with E-state index in [1.54, 1.807) is 46.9 Å². The second kappa shape index (κ2) is 33.6. The standard InChI is InChI=1S/C38H50BFN4O9S.C22H23BFN5O8S.CH2Cl2.BCl3/c1-10-43-11-12-44(33(47)32(43)46)35(49)42-30(26-19-54-20(2)41-26)27(45)17-23(39-52-29-16-22-15-28(37(22,6)7)38(29,8)53-39)13-21-14-24(40)18-25(31(21)50-9)34(48)51-36(3,4)5;1-2-28-3-4-29(19(32)18(28)31)22(35)27-16(14-9-38-21(25)26-14)15(30)7-11-5-10-6-12(24)8-13(20(33)34)17(10)37-23(11)36;2-1-3;2-1(3)4/h14,18-19,22-23,28-30H,10-13,15-17H2,1-9H3,(H,42,49);6,8-9,11,16,36H,2-5,7H2,1H3,(H2,25,26)(H,27,35)(H,33,34);1H2;/t22?,23-,28?,29?,30?,38+;11-,16?;;/m11../s1. The number of urea groups is 2. The Balaban J connectivity index is 0.000000267. The number of amides is 8. The number of thiazole rings is 2. The number of nitrogens with two attached hydrogens (primary N) is 1. The molecule has 8 atom stereocenters. The lowest BCUT2D eigenvalue weighted by atomic mass is 9.43. The number of likely N-dealkylation sites (N-methyl/N-ethyl adjacent to an activating group) is 2. The first-order valence-corrected chi connectivity index (χ1v) is 35.4. The van der Waals surface area contributed by atoms with E-state index in [1.165, 1.54) is 39.7 Å². The molecule has 2 aromatic heterocycles. The molecule has 8 amide bonds. The number of aromatic nitrogens is 2. The number of nitrogen functional groups attached to an aromatic ring is 1. The monoisotopic (exact) mass is 1520 g/mol. The Morgan fingerprint density at radius 1 is 0.828 bits per heavy atom. The number of Topliss-reactive ketones (excluding diaryl/α,β-unsaturated/α-hetero) is 2. The molecular formula is C61H75B3Cl5F2N9O17S2. The Labute approximate surface area is 603 Å². The number of rotatable bonds is 18. The lowest BCUT2D eigenvalue weighted by Crippen LogP contribution is -2.65. The summed E-state index contributed by atoms with van der Waals surface area (Å²) < 4.78 is 59.5. The van der Waals surface area contributed by atoms with Gasteiger partial charge in [-0.3, -0.25) is 38.6 Å². The van der Waals surface area contributed by atoms with Crippen molar-refractivity contribution in [2.75, 3.05) is 57.5 Å². The number of aromatic carboxylic acids is 1. The summed E-state index contributed by atoms with van der Waals surface area (Å²) in [7, 11) is -1.14. The molecule has 536 valence electrons. The maximum Gasteiger partial charge on any atom is 0.526 e. The molecule has 99 heavy (non-hydrogen) atoms. The van der Waals surface area contributed by atoms with Crippen molar-refractivity contribution < 1.29 is 90.3 Å². The number of fused-ring (bicyclic) bond motifs is 1. The fourth-order valence-electron chi connectivity index (χ4n) is 13.1. The lowest BCUT2D eigenvalue weighted by molar-refractivity contribution is -0.199. The number of methoxy groups -OCH3 is 1. The Hall–Kier alpha value is -6.42. The Morgan fingerprint density at radius 3 is 1.86 bits per heavy atom. The second-order valence-corrected chi connectivity index (χ2v) is 30.4. The third-order valence-electron chi connectivity index (χ3n) is 18.0. The zero-order valence-electron chi connectivity index (χ0n) is 55.7. The van der Waals surface area contributed by atoms with Crippen molar-refractivity contribution in [3.63, 3.8) is 0 Å². The third-order valence-corrected chi connectivity index (χ3v) is 19.5. The molecule has 26 nitrogen and oxygen atoms in total. The van der Waals surface area contributed by atoms with E-state index in [9.17, 15) is 62.5 Å². The highest BCUT2D eigenvalue weighted by Crippen LogP contribution is 2.66. The fraction of sp³-hybridized carbons (Fsp3) is 0.541. The molecule has 38 heteroatoms. The summed E-state index contributed by atoms with van der Waals surface area (Å²) in [6.07, 6.45) is 0.843. The Morgan fingerprint density at radius 2 is 1.36 bits per heavy atom. The fourth-order valence-corrected chi connectivity index (χ4v) is 14.4. The molecule has 11 rings (SSSR count). The SMILES string of the molecule is CCN1CCN(C(=O)NC(C(=O)C[C@@H](Cc2cc(F)cc(C(=O)OC(C)(C)C)c2OC)B2OC3CC4CC(C4(C)C)[C@]3(C)O2)c2csc(C)n2)C(=O)C1=O.CCN1CCN(C(=O)NC(C(=O)C[C@H]2Cc3cc(F)cc(C(=O)O)c3OB2O)c2csc(N)n2)C(=O)C1=O.ClB(Cl)Cl.ClCCl. The van der Waals surface area contributed by atoms with Crippen molar-refractivity contribution in [3.8, 4) is 11.5 Å². The van der Waals surface area contributed by atoms with Crippen molar-refractivity contribution in [1.82, 2.24) is 40.2 Å². The summed E-state index contributed by atoms with van der Waals surface area (Å²) in [5.41, 5.74) is 4.50. The number of nitrogens with one attached hydrogen (secondary N) is 2. The number of carboxylic acids is 1. The number of imide groups is 2. The minimum Gasteiger partial charge on any atom is -0.535 e. The molecule has 0 spiro atoms. The number of hydrogen-bond acceptors (Lipinski definition) is 21. The highest BCUT2D eigenvalue weighted by molar-refractivity contribution is 7.54. The predicted molar refractivity (Wildman–Crippen MR) is 368 cm³/mol. The zero-order valence-corrected chi connectivity index (χ0v) is 61.1. The molecule has 3 aliphatic carbocycles. The van der Waals surface area contributed by atoms with Gasteiger partial charge in [-0.25, -0.2) is 37.9 Å². The number of alkyl halides is 2. The zero-order chi connectivity index (χ0) is 73.5. The van der Waals surface area contributed by atoms with Crippen LogP contribution in [0.15, 0.2) is 35.0 Å². The van der Waals surface area contributed by atoms with Crippen LogP contribution in [0, 0.1) is 35.8 Å². The van der Waals surface area contributed by atoms with E-state index in [0.717, 1.165) is 47.3 Å². The molecule has 5 unspecified atom stereocenters. The minimum absolute atomic E-state index is 0.00382. The van der Waals surface area contributed by atoms with Gasteiger partial charge in [0.05, 0.1) is 40.5 Å². The van der Waals surface area contributed by atoms with E-state index in [4.69, 9.17) is 86.8 Å². The number of halogens is 7. The van der Waals surface area contributed by atoms with Gasteiger partial charge in [-0.15, -0.1) is 45.9 Å². The van der Waals surface area contributed by atoms with Gasteiger partial charge in [0.25, 0.3) is 0 Å². The van der Waals surface area contributed by atoms with Crippen LogP contribution < -0.4 is 25.8 Å². The summed E-state index contributed by atoms with van der Waals surface area (Å²) in [5.74, 6) is -9.59. The quantitative estimate of drug-likeness (QED) is 0.0269. The van der Waals surface area contributed by atoms with E-state index < -0.39 is 137 Å². The molecule has 6 fully saturated rings. The van der Waals surface area contributed by atoms with Gasteiger partial charge in [0.2, 0.25) is 0 Å². The summed E-state index contributed by atoms with van der Waals surface area (Å²) in [5, 5.41) is 29.0. The average molecular weight is 1520 g/mol. The second-order valence-electron chi connectivity index (χ2n) is 25.7. The van der Waals surface area contributed by atoms with E-state index >= 15 is 4.39 Å². The molecular weight excluding hydrogens is 1440 g/mol. The van der Waals surface area contributed by atoms with Crippen LogP contribution >= 0.6 is 80.3 Å². The summed E-state index contributed by atoms with van der Waals surface area (Å²) >= 11 is 26.2. The van der Waals surface area contributed by atoms with Gasteiger partial charge in [0, 0.05) is 74.5 Å². The number of piperazine rings is 2. The molecule has 0 radical (unpaired) electrons. The van der Waals surface area contributed by atoms with Gasteiger partial charge >= 0.3 is 66.8 Å². The van der Waals surface area contributed by atoms with Gasteiger partial charge in [-0.05, 0) is 127 Å². The normalized spacial score (nSPS) is 21.5. The summed E-state index contributed by atoms with van der Waals surface area (Å²) in [6.45, 7) is 17.7. The number of carbonyl (C=O) groups is 10. The Bertz CT molecular complexity index is 3730. The van der Waals surface area contributed by atoms with Gasteiger partial charge in [-0.2, -0.15) is 34.4 Å². The first-order valence-electron chi connectivity index (χ1n) is 31.3. The molecule has 6 N–H and O–H groups in total. The minimum atomic E-state index is -1.60. The number of nitrogens with zero attached hydrogens (tertiary/aromatic N) is 6. The molecule has 3 saturated heterocycles. The van der Waals surface area contributed by atoms with Crippen molar-refractivity contribution in [1.29, 1.82) is 0 Å². The summed E-state index contributed by atoms with van der Waals surface area (Å²) in [4.78, 5) is 141. The number of esters is 1. The number of aryl methyl sites for hydroxylation is 1. The van der Waals surface area contributed by atoms with Crippen molar-refractivity contribution in [2.24, 2.45) is 17.3 Å². The topological polar surface area (TPSA) is 346 Å². The van der Waals surface area contributed by atoms with Crippen LogP contribution in [-0.2, 0) is 55.7 Å². The van der Waals surface area contributed by atoms with E-state index in [1.807, 2.05) is 0 Å². The molecule has 2 bridgehead atoms. The highest BCUT2D eigenvalue weighted by Gasteiger charge is 2.68. The number of ketones is 2. The number of hydrogen-bond donors (Lipinski definition) is 5.